The van der Waals surface area contributed by atoms with E-state index in [1.165, 1.54) is 0 Å². The van der Waals surface area contributed by atoms with E-state index in [2.05, 4.69) is 10.3 Å². The van der Waals surface area contributed by atoms with Crippen LogP contribution >= 0.6 is 0 Å². The lowest BCUT2D eigenvalue weighted by atomic mass is 10.2. The molecule has 0 saturated heterocycles. The lowest BCUT2D eigenvalue weighted by molar-refractivity contribution is 0.0273. The minimum absolute atomic E-state index is 0.0421. The van der Waals surface area contributed by atoms with Gasteiger partial charge in [0.25, 0.3) is 0 Å². The zero-order chi connectivity index (χ0) is 21.0. The van der Waals surface area contributed by atoms with Crippen LogP contribution < -0.4 is 20.5 Å². The zero-order valence-electron chi connectivity index (χ0n) is 16.9. The van der Waals surface area contributed by atoms with Crippen molar-refractivity contribution in [1.29, 1.82) is 5.41 Å². The summed E-state index contributed by atoms with van der Waals surface area (Å²) in [6.07, 6.45) is 0. The highest BCUT2D eigenvalue weighted by Gasteiger charge is 2.07. The predicted molar refractivity (Wildman–Crippen MR) is 116 cm³/mol. The fourth-order valence-electron chi connectivity index (χ4n) is 2.79. The highest BCUT2D eigenvalue weighted by molar-refractivity contribution is 5.99. The molecule has 0 unspecified atom stereocenters. The van der Waals surface area contributed by atoms with Crippen molar-refractivity contribution >= 4 is 11.7 Å². The molecule has 160 valence electrons. The molecule has 0 fully saturated rings. The fourth-order valence-corrected chi connectivity index (χ4v) is 2.79. The van der Waals surface area contributed by atoms with E-state index in [4.69, 9.17) is 30.1 Å². The monoisotopic (exact) mass is 412 g/mol. The summed E-state index contributed by atoms with van der Waals surface area (Å²) in [6, 6.07) is 15.0. The molecule has 4 N–H and O–H groups in total. The molecule has 1 aliphatic rings. The number of benzene rings is 2. The maximum Gasteiger partial charge on any atom is 0.128 e. The van der Waals surface area contributed by atoms with Crippen LogP contribution in [-0.2, 0) is 9.47 Å². The summed E-state index contributed by atoms with van der Waals surface area (Å²) in [5.74, 6) is 2.52. The van der Waals surface area contributed by atoms with E-state index < -0.39 is 0 Å². The Morgan fingerprint density at radius 2 is 1.37 bits per heavy atom. The Morgan fingerprint density at radius 1 is 0.833 bits per heavy atom. The Kier molecular flexibility index (Phi) is 8.49. The van der Waals surface area contributed by atoms with Gasteiger partial charge in [0, 0.05) is 17.7 Å². The van der Waals surface area contributed by atoms with E-state index in [1.807, 2.05) is 24.3 Å². The van der Waals surface area contributed by atoms with Gasteiger partial charge < -0.3 is 30.0 Å². The number of hydrogen-bond donors (Lipinski definition) is 3. The average molecular weight is 412 g/mol. The quantitative estimate of drug-likeness (QED) is 0.263. The molecule has 0 radical (unpaired) electrons. The van der Waals surface area contributed by atoms with Crippen LogP contribution in [0.5, 0.6) is 11.5 Å². The van der Waals surface area contributed by atoms with Crippen molar-refractivity contribution in [3.8, 4) is 11.5 Å². The third-order valence-corrected chi connectivity index (χ3v) is 4.33. The molecule has 2 aromatic rings. The van der Waals surface area contributed by atoms with Gasteiger partial charge in [0.2, 0.25) is 0 Å². The molecule has 0 saturated carbocycles. The first-order valence-electron chi connectivity index (χ1n) is 9.97. The van der Waals surface area contributed by atoms with Gasteiger partial charge in [-0.05, 0) is 48.5 Å². The van der Waals surface area contributed by atoms with E-state index in [0.29, 0.717) is 45.2 Å². The van der Waals surface area contributed by atoms with Gasteiger partial charge in [0.15, 0.2) is 0 Å². The van der Waals surface area contributed by atoms with Crippen molar-refractivity contribution < 1.29 is 18.9 Å². The van der Waals surface area contributed by atoms with Gasteiger partial charge in [0.1, 0.15) is 36.4 Å². The Bertz CT molecular complexity index is 822. The number of nitrogens with two attached hydrogens (primary N) is 1. The summed E-state index contributed by atoms with van der Waals surface area (Å²) < 4.78 is 22.2. The maximum atomic E-state index is 7.35. The summed E-state index contributed by atoms with van der Waals surface area (Å²) in [7, 11) is 0. The van der Waals surface area contributed by atoms with Gasteiger partial charge in [-0.1, -0.05) is 0 Å². The number of aliphatic imine (C=N–C) groups is 1. The Balaban J connectivity index is 1.17. The molecule has 1 heterocycles. The lowest BCUT2D eigenvalue weighted by Crippen LogP contribution is -2.19. The molecule has 8 nitrogen and oxygen atoms in total. The average Bonchev–Trinajstić information content (AvgIpc) is 3.31. The maximum absolute atomic E-state index is 7.35. The third kappa shape index (κ3) is 7.06. The van der Waals surface area contributed by atoms with Gasteiger partial charge in [0.05, 0.1) is 33.0 Å². The normalized spacial score (nSPS) is 12.9. The van der Waals surface area contributed by atoms with Crippen molar-refractivity contribution in [3.05, 3.63) is 59.7 Å². The third-order valence-electron chi connectivity index (χ3n) is 4.33. The number of nitrogens with zero attached hydrogens (tertiary/aromatic N) is 1. The van der Waals surface area contributed by atoms with E-state index in [0.717, 1.165) is 36.0 Å². The van der Waals surface area contributed by atoms with Gasteiger partial charge in [-0.3, -0.25) is 10.4 Å². The van der Waals surface area contributed by atoms with Gasteiger partial charge in [-0.2, -0.15) is 0 Å². The molecule has 30 heavy (non-hydrogen) atoms. The van der Waals surface area contributed by atoms with E-state index in [-0.39, 0.29) is 5.84 Å². The number of nitrogen functional groups attached to an aromatic ring is 1. The van der Waals surface area contributed by atoms with Crippen LogP contribution in [0.3, 0.4) is 0 Å². The van der Waals surface area contributed by atoms with Crippen molar-refractivity contribution in [1.82, 2.24) is 5.32 Å². The second kappa shape index (κ2) is 11.8. The first kappa shape index (κ1) is 21.6. The highest BCUT2D eigenvalue weighted by atomic mass is 16.6. The summed E-state index contributed by atoms with van der Waals surface area (Å²) in [5, 5.41) is 10.6. The molecule has 0 bridgehead atoms. The summed E-state index contributed by atoms with van der Waals surface area (Å²) >= 11 is 0. The van der Waals surface area contributed by atoms with Crippen LogP contribution in [-0.4, -0.2) is 64.4 Å². The first-order chi connectivity index (χ1) is 14.7. The van der Waals surface area contributed by atoms with Crippen LogP contribution in [0.2, 0.25) is 0 Å². The summed E-state index contributed by atoms with van der Waals surface area (Å²) in [4.78, 5) is 4.40. The van der Waals surface area contributed by atoms with E-state index in [1.54, 1.807) is 24.3 Å². The Hall–Kier alpha value is -3.10. The van der Waals surface area contributed by atoms with Gasteiger partial charge in [-0.15, -0.1) is 0 Å². The zero-order valence-corrected chi connectivity index (χ0v) is 16.9. The molecule has 0 aliphatic carbocycles. The molecule has 3 rings (SSSR count). The summed E-state index contributed by atoms with van der Waals surface area (Å²) in [5.41, 5.74) is 7.16. The number of hydrogen-bond acceptors (Lipinski definition) is 7. The van der Waals surface area contributed by atoms with Crippen LogP contribution in [0.15, 0.2) is 53.5 Å². The second-order valence-electron chi connectivity index (χ2n) is 6.54. The number of amidine groups is 2. The number of ether oxygens (including phenoxy) is 4. The van der Waals surface area contributed by atoms with E-state index >= 15 is 0 Å². The molecule has 0 amide bonds. The van der Waals surface area contributed by atoms with Crippen molar-refractivity contribution in [2.75, 3.05) is 52.7 Å². The van der Waals surface area contributed by atoms with Gasteiger partial charge in [-0.25, -0.2) is 0 Å². The fraction of sp³-hybridized carbons (Fsp3) is 0.364. The van der Waals surface area contributed by atoms with Crippen molar-refractivity contribution in [2.24, 2.45) is 10.7 Å². The van der Waals surface area contributed by atoms with Crippen molar-refractivity contribution in [3.63, 3.8) is 0 Å². The minimum Gasteiger partial charge on any atom is -0.491 e. The SMILES string of the molecule is N=C(N)c1ccc(OCCOCCOCCOc2ccc(C3=NCCN3)cc2)cc1. The standard InChI is InChI=1S/C22H28N4O4/c23-21(24)17-1-5-19(6-2-17)29-15-13-27-11-12-28-14-16-30-20-7-3-18(4-8-20)22-25-9-10-26-22/h1-8H,9-16H2,(H3,23,24)(H,25,26). The molecular formula is C22H28N4O4. The molecule has 2 aromatic carbocycles. The van der Waals surface area contributed by atoms with Crippen LogP contribution in [0.1, 0.15) is 11.1 Å². The lowest BCUT2D eigenvalue weighted by Gasteiger charge is -2.09. The number of rotatable bonds is 13. The van der Waals surface area contributed by atoms with Gasteiger partial charge >= 0.3 is 0 Å². The Morgan fingerprint density at radius 3 is 1.87 bits per heavy atom. The second-order valence-corrected chi connectivity index (χ2v) is 6.54. The van der Waals surface area contributed by atoms with Crippen LogP contribution in [0.4, 0.5) is 0 Å². The molecular weight excluding hydrogens is 384 g/mol. The number of nitrogens with one attached hydrogen (secondary N) is 2. The van der Waals surface area contributed by atoms with Crippen molar-refractivity contribution in [2.45, 2.75) is 0 Å². The smallest absolute Gasteiger partial charge is 0.128 e. The molecule has 0 spiro atoms. The molecule has 0 aromatic heterocycles. The minimum atomic E-state index is 0.0421. The highest BCUT2D eigenvalue weighted by Crippen LogP contribution is 2.13. The largest absolute Gasteiger partial charge is 0.491 e. The van der Waals surface area contributed by atoms with Crippen LogP contribution in [0, 0.1) is 5.41 Å². The first-order valence-corrected chi connectivity index (χ1v) is 9.97. The van der Waals surface area contributed by atoms with E-state index in [9.17, 15) is 0 Å². The van der Waals surface area contributed by atoms with Crippen LogP contribution in [0.25, 0.3) is 0 Å². The molecule has 0 atom stereocenters. The molecule has 8 heteroatoms. The Labute approximate surface area is 176 Å². The molecule has 1 aliphatic heterocycles. The predicted octanol–water partition coefficient (Wildman–Crippen LogP) is 1.81. The topological polar surface area (TPSA) is 111 Å². The summed E-state index contributed by atoms with van der Waals surface area (Å²) in [6.45, 7) is 4.63.